The molecule has 10 heavy (non-hydrogen) atoms. The zero-order valence-electron chi connectivity index (χ0n) is 8.15. The first kappa shape index (κ1) is 13.1. The summed E-state index contributed by atoms with van der Waals surface area (Å²) in [5.74, 6) is 0.859. The Labute approximate surface area is 69.0 Å². The molecule has 0 radical (unpaired) electrons. The summed E-state index contributed by atoms with van der Waals surface area (Å²) in [6.07, 6.45) is 2.64. The number of rotatable bonds is 3. The van der Waals surface area contributed by atoms with Crippen LogP contribution < -0.4 is 0 Å². The summed E-state index contributed by atoms with van der Waals surface area (Å²) in [6, 6.07) is 0. The molecule has 64 valence electrons. The molecule has 0 nitrogen and oxygen atoms in total. The van der Waals surface area contributed by atoms with Crippen LogP contribution in [0.1, 0.15) is 47.5 Å². The van der Waals surface area contributed by atoms with E-state index in [0.717, 1.165) is 11.6 Å². The zero-order valence-corrected chi connectivity index (χ0v) is 9.30. The van der Waals surface area contributed by atoms with Gasteiger partial charge in [-0.25, -0.2) is 0 Å². The molecule has 0 N–H and O–H groups in total. The maximum absolute atomic E-state index is 2.88. The molecule has 0 aliphatic rings. The highest BCUT2D eigenvalue weighted by Crippen LogP contribution is 2.14. The molecular weight excluding hydrogens is 139 g/mol. The van der Waals surface area contributed by atoms with E-state index in [0.29, 0.717) is 0 Å². The van der Waals surface area contributed by atoms with E-state index < -0.39 is 0 Å². The van der Waals surface area contributed by atoms with E-state index in [-0.39, 0.29) is 0 Å². The standard InChI is InChI=1S/C7H17P.C2H6/c1-4-7(8)5-6(2)3;1-2/h6-7H,4-5,8H2,1-3H3;1-2H3. The summed E-state index contributed by atoms with van der Waals surface area (Å²) in [4.78, 5) is 0. The Hall–Kier alpha value is 0.430. The second-order valence-corrected chi connectivity index (χ2v) is 3.74. The third-order valence-corrected chi connectivity index (χ3v) is 2.04. The molecule has 0 saturated carbocycles. The second-order valence-electron chi connectivity index (χ2n) is 2.80. The van der Waals surface area contributed by atoms with Crippen LogP contribution in [0.2, 0.25) is 0 Å². The Bertz CT molecular complexity index is 50.7. The van der Waals surface area contributed by atoms with E-state index in [1.165, 1.54) is 12.8 Å². The molecule has 0 spiro atoms. The van der Waals surface area contributed by atoms with Crippen molar-refractivity contribution in [1.82, 2.24) is 0 Å². The van der Waals surface area contributed by atoms with Crippen LogP contribution in [0.25, 0.3) is 0 Å². The lowest BCUT2D eigenvalue weighted by atomic mass is 10.1. The molecule has 0 amide bonds. The quantitative estimate of drug-likeness (QED) is 0.555. The summed E-state index contributed by atoms with van der Waals surface area (Å²) < 4.78 is 0. The topological polar surface area (TPSA) is 0 Å². The van der Waals surface area contributed by atoms with Crippen LogP contribution in [-0.2, 0) is 0 Å². The van der Waals surface area contributed by atoms with Crippen molar-refractivity contribution < 1.29 is 0 Å². The minimum absolute atomic E-state index is 0.843. The Morgan fingerprint density at radius 3 is 1.70 bits per heavy atom. The van der Waals surface area contributed by atoms with E-state index in [4.69, 9.17) is 0 Å². The minimum atomic E-state index is 0.843. The SMILES string of the molecule is CC.CCC(P)CC(C)C. The first-order valence-electron chi connectivity index (χ1n) is 4.42. The zero-order chi connectivity index (χ0) is 8.57. The van der Waals surface area contributed by atoms with Gasteiger partial charge in [-0.15, -0.1) is 9.24 Å². The fourth-order valence-electron chi connectivity index (χ4n) is 0.772. The van der Waals surface area contributed by atoms with Crippen molar-refractivity contribution in [3.8, 4) is 0 Å². The Morgan fingerprint density at radius 2 is 1.60 bits per heavy atom. The lowest BCUT2D eigenvalue weighted by Crippen LogP contribution is -1.99. The molecule has 0 aliphatic carbocycles. The second kappa shape index (κ2) is 9.43. The smallest absolute Gasteiger partial charge is 0.0264 e. The van der Waals surface area contributed by atoms with Gasteiger partial charge in [0.15, 0.2) is 0 Å². The summed E-state index contributed by atoms with van der Waals surface area (Å²) in [6.45, 7) is 10.8. The molecule has 2 atom stereocenters. The van der Waals surface area contributed by atoms with Gasteiger partial charge in [-0.2, -0.15) is 0 Å². The van der Waals surface area contributed by atoms with Crippen LogP contribution in [0.4, 0.5) is 0 Å². The summed E-state index contributed by atoms with van der Waals surface area (Å²) in [5, 5.41) is 0. The van der Waals surface area contributed by atoms with Gasteiger partial charge in [-0.3, -0.25) is 0 Å². The average molecular weight is 162 g/mol. The van der Waals surface area contributed by atoms with Gasteiger partial charge in [-0.05, 0) is 24.4 Å². The van der Waals surface area contributed by atoms with Crippen molar-refractivity contribution in [2.24, 2.45) is 5.92 Å². The fourth-order valence-corrected chi connectivity index (χ4v) is 1.32. The molecule has 0 saturated heterocycles. The highest BCUT2D eigenvalue weighted by molar-refractivity contribution is 7.17. The maximum atomic E-state index is 2.88. The highest BCUT2D eigenvalue weighted by atomic mass is 31.0. The van der Waals surface area contributed by atoms with Gasteiger partial charge >= 0.3 is 0 Å². The maximum Gasteiger partial charge on any atom is -0.0264 e. The summed E-state index contributed by atoms with van der Waals surface area (Å²) in [5.41, 5.74) is 0.843. The van der Waals surface area contributed by atoms with Gasteiger partial charge in [0.1, 0.15) is 0 Å². The predicted molar refractivity (Wildman–Crippen MR) is 54.6 cm³/mol. The van der Waals surface area contributed by atoms with Crippen molar-refractivity contribution in [3.05, 3.63) is 0 Å². The van der Waals surface area contributed by atoms with Gasteiger partial charge in [-0.1, -0.05) is 34.6 Å². The molecule has 0 bridgehead atoms. The molecular formula is C9H23P. The Kier molecular flexibility index (Phi) is 12.3. The first-order valence-corrected chi connectivity index (χ1v) is 5.09. The van der Waals surface area contributed by atoms with Crippen molar-refractivity contribution in [1.29, 1.82) is 0 Å². The van der Waals surface area contributed by atoms with Crippen LogP contribution in [-0.4, -0.2) is 5.66 Å². The van der Waals surface area contributed by atoms with Gasteiger partial charge in [0.25, 0.3) is 0 Å². The normalized spacial score (nSPS) is 12.3. The lowest BCUT2D eigenvalue weighted by molar-refractivity contribution is 0.560. The van der Waals surface area contributed by atoms with E-state index >= 15 is 0 Å². The number of hydrogen-bond donors (Lipinski definition) is 0. The van der Waals surface area contributed by atoms with Crippen LogP contribution in [0.5, 0.6) is 0 Å². The van der Waals surface area contributed by atoms with Crippen molar-refractivity contribution in [2.75, 3.05) is 0 Å². The summed E-state index contributed by atoms with van der Waals surface area (Å²) >= 11 is 0. The largest absolute Gasteiger partial charge is 0.134 e. The molecule has 0 aromatic rings. The molecule has 0 aliphatic heterocycles. The van der Waals surface area contributed by atoms with Gasteiger partial charge in [0, 0.05) is 0 Å². The first-order chi connectivity index (χ1) is 4.66. The fraction of sp³-hybridized carbons (Fsp3) is 1.00. The third-order valence-electron chi connectivity index (χ3n) is 1.30. The third kappa shape index (κ3) is 11.3. The van der Waals surface area contributed by atoms with E-state index in [9.17, 15) is 0 Å². The van der Waals surface area contributed by atoms with Crippen LogP contribution in [0.3, 0.4) is 0 Å². The average Bonchev–Trinajstić information content (AvgIpc) is 1.91. The Balaban J connectivity index is 0. The molecule has 0 aromatic heterocycles. The van der Waals surface area contributed by atoms with Gasteiger partial charge < -0.3 is 0 Å². The molecule has 0 aromatic carbocycles. The molecule has 2 unspecified atom stereocenters. The highest BCUT2D eigenvalue weighted by Gasteiger charge is 2.00. The molecule has 0 rings (SSSR count). The monoisotopic (exact) mass is 162 g/mol. The van der Waals surface area contributed by atoms with E-state index in [1.807, 2.05) is 13.8 Å². The van der Waals surface area contributed by atoms with Gasteiger partial charge in [0.05, 0.1) is 0 Å². The van der Waals surface area contributed by atoms with Crippen LogP contribution in [0, 0.1) is 5.92 Å². The molecule has 1 heteroatoms. The van der Waals surface area contributed by atoms with Crippen LogP contribution >= 0.6 is 9.24 Å². The Morgan fingerprint density at radius 1 is 1.20 bits per heavy atom. The predicted octanol–water partition coefficient (Wildman–Crippen LogP) is 3.71. The minimum Gasteiger partial charge on any atom is -0.134 e. The van der Waals surface area contributed by atoms with E-state index in [2.05, 4.69) is 30.0 Å². The van der Waals surface area contributed by atoms with Crippen molar-refractivity contribution in [2.45, 2.75) is 53.1 Å². The van der Waals surface area contributed by atoms with E-state index in [1.54, 1.807) is 0 Å². The number of hydrogen-bond acceptors (Lipinski definition) is 0. The van der Waals surface area contributed by atoms with Gasteiger partial charge in [0.2, 0.25) is 0 Å². The lowest BCUT2D eigenvalue weighted by Gasteiger charge is -2.09. The molecule has 0 fully saturated rings. The molecule has 0 heterocycles. The van der Waals surface area contributed by atoms with Crippen molar-refractivity contribution >= 4 is 9.24 Å². The van der Waals surface area contributed by atoms with Crippen molar-refractivity contribution in [3.63, 3.8) is 0 Å². The van der Waals surface area contributed by atoms with Crippen LogP contribution in [0.15, 0.2) is 0 Å². The summed E-state index contributed by atoms with van der Waals surface area (Å²) in [7, 11) is 2.88.